The van der Waals surface area contributed by atoms with E-state index in [1.165, 1.54) is 43.4 Å². The molecule has 10 aromatic rings. The summed E-state index contributed by atoms with van der Waals surface area (Å²) in [6.45, 7) is 4.87. The highest BCUT2D eigenvalue weighted by Crippen LogP contribution is 2.43. The first-order chi connectivity index (χ1) is 27.5. The van der Waals surface area contributed by atoms with Gasteiger partial charge < -0.3 is 4.42 Å². The third kappa shape index (κ3) is 5.16. The molecule has 5 heteroatoms. The Morgan fingerprint density at radius 2 is 0.964 bits per heavy atom. The number of hydrogen-bond acceptors (Lipinski definition) is 4. The van der Waals surface area contributed by atoms with E-state index in [1.54, 1.807) is 0 Å². The van der Waals surface area contributed by atoms with Crippen LogP contribution in [0.5, 0.6) is 0 Å². The molecule has 0 saturated carbocycles. The van der Waals surface area contributed by atoms with Crippen molar-refractivity contribution in [3.63, 3.8) is 0 Å². The zero-order valence-electron chi connectivity index (χ0n) is 31.0. The zero-order valence-corrected chi connectivity index (χ0v) is 32.0. The van der Waals surface area contributed by atoms with Gasteiger partial charge in [0.1, 0.15) is 19.2 Å². The van der Waals surface area contributed by atoms with Gasteiger partial charge in [-0.3, -0.25) is 0 Å². The smallest absolute Gasteiger partial charge is 0.164 e. The quantitative estimate of drug-likeness (QED) is 0.165. The first kappa shape index (κ1) is 32.5. The van der Waals surface area contributed by atoms with Crippen molar-refractivity contribution in [2.75, 3.05) is 0 Å². The summed E-state index contributed by atoms with van der Waals surface area (Å²) in [5.74, 6) is 1.89. The molecule has 264 valence electrons. The fraction of sp³-hybridized carbons (Fsp3) is 0.0392. The van der Waals surface area contributed by atoms with Crippen molar-refractivity contribution in [3.8, 4) is 67.5 Å². The molecule has 3 heterocycles. The number of fused-ring (bicyclic) bond motifs is 8. The van der Waals surface area contributed by atoms with Gasteiger partial charge >= 0.3 is 0 Å². The third-order valence-electron chi connectivity index (χ3n) is 11.5. The maximum absolute atomic E-state index is 6.83. The predicted octanol–water partition coefficient (Wildman–Crippen LogP) is 12.1. The van der Waals surface area contributed by atoms with Crippen LogP contribution in [-0.2, 0) is 0 Å². The van der Waals surface area contributed by atoms with Gasteiger partial charge in [0.05, 0.1) is 0 Å². The van der Waals surface area contributed by atoms with Gasteiger partial charge in [0.15, 0.2) is 17.5 Å². The van der Waals surface area contributed by atoms with Gasteiger partial charge in [-0.25, -0.2) is 15.0 Å². The minimum atomic E-state index is -2.09. The van der Waals surface area contributed by atoms with E-state index in [1.807, 2.05) is 12.1 Å². The van der Waals surface area contributed by atoms with E-state index in [0.29, 0.717) is 17.5 Å². The summed E-state index contributed by atoms with van der Waals surface area (Å²) >= 11 is 0. The SMILES string of the molecule is C[Si]1(C)c2ccccc2-c2c1cc(-c1nc(-c3ccc(-c4ccccc4)cc3)nc(-c3ccc(-c4ccc5ccccc5c4)cc3)n1)c1c2oc2ccccc21. The lowest BCUT2D eigenvalue weighted by atomic mass is 9.98. The summed E-state index contributed by atoms with van der Waals surface area (Å²) in [7, 11) is -2.09. The Morgan fingerprint density at radius 3 is 1.71 bits per heavy atom. The summed E-state index contributed by atoms with van der Waals surface area (Å²) in [5.41, 5.74) is 11.7. The number of nitrogens with zero attached hydrogens (tertiary/aromatic N) is 3. The Hall–Kier alpha value is -6.95. The Morgan fingerprint density at radius 1 is 0.411 bits per heavy atom. The van der Waals surface area contributed by atoms with Gasteiger partial charge in [-0.15, -0.1) is 0 Å². The maximum atomic E-state index is 6.83. The lowest BCUT2D eigenvalue weighted by molar-refractivity contribution is 0.670. The molecule has 0 radical (unpaired) electrons. The zero-order chi connectivity index (χ0) is 37.4. The molecule has 11 rings (SSSR count). The van der Waals surface area contributed by atoms with Crippen molar-refractivity contribution in [2.45, 2.75) is 13.1 Å². The average Bonchev–Trinajstić information content (AvgIpc) is 3.76. The Bertz CT molecular complexity index is 3150. The van der Waals surface area contributed by atoms with E-state index in [2.05, 4.69) is 177 Å². The van der Waals surface area contributed by atoms with E-state index >= 15 is 0 Å². The molecule has 2 aromatic heterocycles. The number of furan rings is 1. The van der Waals surface area contributed by atoms with Crippen LogP contribution >= 0.6 is 0 Å². The van der Waals surface area contributed by atoms with Crippen LogP contribution in [0.25, 0.3) is 100 Å². The van der Waals surface area contributed by atoms with Crippen LogP contribution in [0.15, 0.2) is 180 Å². The monoisotopic (exact) mass is 733 g/mol. The number of para-hydroxylation sites is 1. The fourth-order valence-electron chi connectivity index (χ4n) is 8.61. The molecule has 8 aromatic carbocycles. The molecule has 56 heavy (non-hydrogen) atoms. The Balaban J connectivity index is 1.12. The second kappa shape index (κ2) is 12.6. The molecule has 1 aliphatic heterocycles. The fourth-order valence-corrected chi connectivity index (χ4v) is 11.7. The molecular weight excluding hydrogens is 699 g/mol. The van der Waals surface area contributed by atoms with Crippen molar-refractivity contribution in [1.29, 1.82) is 0 Å². The van der Waals surface area contributed by atoms with Crippen LogP contribution in [0, 0.1) is 0 Å². The highest BCUT2D eigenvalue weighted by Gasteiger charge is 2.40. The standard InChI is InChI=1S/C51H35N3OSi/c1-56(2)44-19-11-9-17-41(44)47-45(56)31-42(46-40-16-8-10-18-43(40)55-48(46)47)51-53-49(36-25-20-34(21-26-36)32-12-4-3-5-13-32)52-50(54-51)37-27-22-35(23-28-37)39-29-24-33-14-6-7-15-38(33)30-39/h3-31H,1-2H3. The van der Waals surface area contributed by atoms with Crippen molar-refractivity contribution in [3.05, 3.63) is 176 Å². The van der Waals surface area contributed by atoms with E-state index in [0.717, 1.165) is 49.8 Å². The van der Waals surface area contributed by atoms with Gasteiger partial charge in [0.2, 0.25) is 0 Å². The second-order valence-corrected chi connectivity index (χ2v) is 19.5. The molecule has 0 amide bonds. The van der Waals surface area contributed by atoms with Crippen molar-refractivity contribution < 1.29 is 4.42 Å². The topological polar surface area (TPSA) is 51.8 Å². The van der Waals surface area contributed by atoms with Gasteiger partial charge in [0.25, 0.3) is 0 Å². The van der Waals surface area contributed by atoms with Crippen LogP contribution < -0.4 is 10.4 Å². The molecular formula is C51H35N3OSi. The minimum absolute atomic E-state index is 0.628. The Kier molecular flexibility index (Phi) is 7.28. The highest BCUT2D eigenvalue weighted by atomic mass is 28.3. The minimum Gasteiger partial charge on any atom is -0.455 e. The van der Waals surface area contributed by atoms with Crippen LogP contribution in [0.4, 0.5) is 0 Å². The third-order valence-corrected chi connectivity index (χ3v) is 15.1. The largest absolute Gasteiger partial charge is 0.455 e. The second-order valence-electron chi connectivity index (χ2n) is 15.2. The normalized spacial score (nSPS) is 13.0. The first-order valence-electron chi connectivity index (χ1n) is 19.1. The van der Waals surface area contributed by atoms with Crippen LogP contribution in [0.1, 0.15) is 0 Å². The highest BCUT2D eigenvalue weighted by molar-refractivity contribution is 7.04. The summed E-state index contributed by atoms with van der Waals surface area (Å²) in [5, 5.41) is 7.32. The average molecular weight is 734 g/mol. The summed E-state index contributed by atoms with van der Waals surface area (Å²) in [6.07, 6.45) is 0. The van der Waals surface area contributed by atoms with Crippen LogP contribution in [0.2, 0.25) is 13.1 Å². The lowest BCUT2D eigenvalue weighted by Gasteiger charge is -2.19. The molecule has 0 saturated heterocycles. The Labute approximate surface area is 325 Å². The van der Waals surface area contributed by atoms with E-state index in [4.69, 9.17) is 19.4 Å². The number of rotatable bonds is 5. The van der Waals surface area contributed by atoms with Crippen LogP contribution in [-0.4, -0.2) is 23.0 Å². The molecule has 0 N–H and O–H groups in total. The van der Waals surface area contributed by atoms with Gasteiger partial charge in [-0.2, -0.15) is 0 Å². The van der Waals surface area contributed by atoms with Gasteiger partial charge in [-0.1, -0.05) is 171 Å². The molecule has 0 unspecified atom stereocenters. The summed E-state index contributed by atoms with van der Waals surface area (Å²) in [4.78, 5) is 15.8. The first-order valence-corrected chi connectivity index (χ1v) is 22.1. The summed E-state index contributed by atoms with van der Waals surface area (Å²) in [6, 6.07) is 62.2. The molecule has 0 fully saturated rings. The summed E-state index contributed by atoms with van der Waals surface area (Å²) < 4.78 is 6.83. The van der Waals surface area contributed by atoms with Gasteiger partial charge in [0, 0.05) is 33.0 Å². The molecule has 1 aliphatic rings. The predicted molar refractivity (Wildman–Crippen MR) is 234 cm³/mol. The molecule has 0 aliphatic carbocycles. The number of benzene rings is 8. The van der Waals surface area contributed by atoms with Gasteiger partial charge in [-0.05, 0) is 67.2 Å². The molecule has 0 spiro atoms. The number of aromatic nitrogens is 3. The van der Waals surface area contributed by atoms with Crippen molar-refractivity contribution in [1.82, 2.24) is 15.0 Å². The van der Waals surface area contributed by atoms with E-state index in [-0.39, 0.29) is 0 Å². The lowest BCUT2D eigenvalue weighted by Crippen LogP contribution is -2.49. The van der Waals surface area contributed by atoms with Crippen molar-refractivity contribution in [2.24, 2.45) is 0 Å². The molecule has 0 atom stereocenters. The molecule has 0 bridgehead atoms. The van der Waals surface area contributed by atoms with E-state index in [9.17, 15) is 0 Å². The van der Waals surface area contributed by atoms with Crippen LogP contribution in [0.3, 0.4) is 0 Å². The number of hydrogen-bond donors (Lipinski definition) is 0. The van der Waals surface area contributed by atoms with Crippen molar-refractivity contribution >= 4 is 51.2 Å². The molecule has 4 nitrogen and oxygen atoms in total. The maximum Gasteiger partial charge on any atom is 0.164 e. The van der Waals surface area contributed by atoms with E-state index < -0.39 is 8.07 Å².